The second kappa shape index (κ2) is 7.17. The van der Waals surface area contributed by atoms with Crippen LogP contribution in [0.25, 0.3) is 0 Å². The first kappa shape index (κ1) is 18.9. The average molecular weight is 389 g/mol. The van der Waals surface area contributed by atoms with Crippen molar-refractivity contribution in [3.05, 3.63) is 35.9 Å². The number of nitrogens with zero attached hydrogens (tertiary/aromatic N) is 3. The van der Waals surface area contributed by atoms with Crippen LogP contribution in [0.4, 0.5) is 0 Å². The van der Waals surface area contributed by atoms with Crippen molar-refractivity contribution in [1.82, 2.24) is 14.5 Å². The van der Waals surface area contributed by atoms with Crippen molar-refractivity contribution in [2.45, 2.75) is 37.3 Å². The minimum absolute atomic E-state index is 0.131. The quantitative estimate of drug-likeness (QED) is 0.728. The third-order valence-electron chi connectivity index (χ3n) is 6.42. The Balaban J connectivity index is 1.23. The van der Waals surface area contributed by atoms with Gasteiger partial charge in [-0.3, -0.25) is 4.90 Å². The van der Waals surface area contributed by atoms with Gasteiger partial charge >= 0.3 is 0 Å². The number of hydrogen-bond donors (Lipinski definition) is 1. The van der Waals surface area contributed by atoms with Crippen molar-refractivity contribution in [3.8, 4) is 6.07 Å². The Hall–Kier alpha value is -1.46. The molecule has 4 rings (SSSR count). The highest BCUT2D eigenvalue weighted by Gasteiger charge is 2.54. The molecule has 7 heteroatoms. The lowest BCUT2D eigenvalue weighted by Gasteiger charge is -2.59. The maximum Gasteiger partial charge on any atom is 0.213 e. The van der Waals surface area contributed by atoms with Crippen LogP contribution in [-0.2, 0) is 10.0 Å². The number of sulfonamides is 1. The predicted molar refractivity (Wildman–Crippen MR) is 105 cm³/mol. The van der Waals surface area contributed by atoms with Gasteiger partial charge in [0.15, 0.2) is 0 Å². The largest absolute Gasteiger partial charge is 0.313 e. The van der Waals surface area contributed by atoms with E-state index in [1.165, 1.54) is 16.3 Å². The normalized spacial score (nSPS) is 28.1. The summed E-state index contributed by atoms with van der Waals surface area (Å²) in [6.07, 6.45) is 1.62. The molecule has 3 fully saturated rings. The van der Waals surface area contributed by atoms with Crippen molar-refractivity contribution >= 4 is 10.0 Å². The van der Waals surface area contributed by atoms with Gasteiger partial charge in [0, 0.05) is 44.7 Å². The summed E-state index contributed by atoms with van der Waals surface area (Å²) < 4.78 is 25.6. The van der Waals surface area contributed by atoms with E-state index < -0.39 is 10.0 Å². The van der Waals surface area contributed by atoms with E-state index in [9.17, 15) is 13.7 Å². The van der Waals surface area contributed by atoms with Gasteiger partial charge in [0.2, 0.25) is 10.0 Å². The molecule has 0 spiro atoms. The monoisotopic (exact) mass is 388 g/mol. The van der Waals surface area contributed by atoms with Crippen molar-refractivity contribution in [2.75, 3.05) is 38.5 Å². The predicted octanol–water partition coefficient (Wildman–Crippen LogP) is 1.38. The molecule has 0 unspecified atom stereocenters. The highest BCUT2D eigenvalue weighted by molar-refractivity contribution is 7.89. The number of benzene rings is 1. The SMILES string of the molecule is CCS(=O)(=O)N1CC(CC#N)(N2CC(CN[C@@H]3C[C@H]3c3ccccc3)C2)C1. The summed E-state index contributed by atoms with van der Waals surface area (Å²) in [4.78, 5) is 2.33. The summed E-state index contributed by atoms with van der Waals surface area (Å²) >= 11 is 0. The lowest BCUT2D eigenvalue weighted by atomic mass is 9.81. The Morgan fingerprint density at radius 1 is 1.26 bits per heavy atom. The van der Waals surface area contributed by atoms with Crippen molar-refractivity contribution in [3.63, 3.8) is 0 Å². The molecule has 3 aliphatic rings. The van der Waals surface area contributed by atoms with Gasteiger partial charge < -0.3 is 5.32 Å². The van der Waals surface area contributed by atoms with Gasteiger partial charge in [-0.15, -0.1) is 0 Å². The zero-order chi connectivity index (χ0) is 19.1. The number of nitriles is 1. The van der Waals surface area contributed by atoms with Gasteiger partial charge in [-0.2, -0.15) is 9.57 Å². The minimum atomic E-state index is -3.14. The van der Waals surface area contributed by atoms with Gasteiger partial charge in [-0.05, 0) is 24.8 Å². The molecule has 1 aliphatic carbocycles. The Morgan fingerprint density at radius 2 is 1.96 bits per heavy atom. The summed E-state index contributed by atoms with van der Waals surface area (Å²) in [5, 5.41) is 12.9. The number of hydrogen-bond acceptors (Lipinski definition) is 5. The van der Waals surface area contributed by atoms with Crippen LogP contribution in [0.1, 0.15) is 31.2 Å². The minimum Gasteiger partial charge on any atom is -0.313 e. The molecule has 0 radical (unpaired) electrons. The topological polar surface area (TPSA) is 76.4 Å². The van der Waals surface area contributed by atoms with E-state index in [2.05, 4.69) is 46.6 Å². The summed E-state index contributed by atoms with van der Waals surface area (Å²) in [5.41, 5.74) is 1.16. The molecule has 2 aliphatic heterocycles. The molecular weight excluding hydrogens is 360 g/mol. The number of likely N-dealkylation sites (tertiary alicyclic amines) is 1. The van der Waals surface area contributed by atoms with Crippen LogP contribution in [0.5, 0.6) is 0 Å². The molecule has 1 aromatic rings. The van der Waals surface area contributed by atoms with E-state index in [0.29, 0.717) is 37.4 Å². The molecule has 27 heavy (non-hydrogen) atoms. The maximum atomic E-state index is 12.0. The molecule has 0 aromatic heterocycles. The molecule has 1 N–H and O–H groups in total. The molecule has 6 nitrogen and oxygen atoms in total. The van der Waals surface area contributed by atoms with E-state index in [0.717, 1.165) is 19.6 Å². The van der Waals surface area contributed by atoms with Crippen molar-refractivity contribution in [1.29, 1.82) is 5.26 Å². The van der Waals surface area contributed by atoms with Gasteiger partial charge in [0.05, 0.1) is 23.8 Å². The first-order valence-electron chi connectivity index (χ1n) is 9.85. The van der Waals surface area contributed by atoms with Crippen LogP contribution in [0.15, 0.2) is 30.3 Å². The summed E-state index contributed by atoms with van der Waals surface area (Å²) in [6.45, 7) is 5.52. The van der Waals surface area contributed by atoms with Gasteiger partial charge in [-0.25, -0.2) is 8.42 Å². The van der Waals surface area contributed by atoms with Crippen LogP contribution in [0, 0.1) is 17.2 Å². The molecule has 2 saturated heterocycles. The smallest absolute Gasteiger partial charge is 0.213 e. The molecule has 1 saturated carbocycles. The third-order valence-corrected chi connectivity index (χ3v) is 8.20. The third kappa shape index (κ3) is 3.64. The highest BCUT2D eigenvalue weighted by atomic mass is 32.2. The van der Waals surface area contributed by atoms with Crippen molar-refractivity contribution in [2.24, 2.45) is 5.92 Å². The van der Waals surface area contributed by atoms with Crippen LogP contribution >= 0.6 is 0 Å². The fraction of sp³-hybridized carbons (Fsp3) is 0.650. The lowest BCUT2D eigenvalue weighted by molar-refractivity contribution is -0.0751. The second-order valence-electron chi connectivity index (χ2n) is 8.27. The van der Waals surface area contributed by atoms with E-state index in [4.69, 9.17) is 0 Å². The van der Waals surface area contributed by atoms with E-state index in [-0.39, 0.29) is 11.3 Å². The average Bonchev–Trinajstić information content (AvgIpc) is 3.37. The second-order valence-corrected chi connectivity index (χ2v) is 10.5. The maximum absolute atomic E-state index is 12.0. The van der Waals surface area contributed by atoms with Gasteiger partial charge in [0.1, 0.15) is 0 Å². The number of nitrogens with one attached hydrogen (secondary N) is 1. The Bertz CT molecular complexity index is 808. The lowest BCUT2D eigenvalue weighted by Crippen LogP contribution is -2.75. The van der Waals surface area contributed by atoms with E-state index in [1.807, 2.05) is 0 Å². The zero-order valence-corrected chi connectivity index (χ0v) is 16.7. The molecule has 1 aromatic carbocycles. The molecular formula is C20H28N4O2S. The fourth-order valence-electron chi connectivity index (χ4n) is 4.45. The molecule has 0 bridgehead atoms. The molecule has 2 atom stereocenters. The highest BCUT2D eigenvalue weighted by Crippen LogP contribution is 2.41. The summed E-state index contributed by atoms with van der Waals surface area (Å²) in [6, 6.07) is 13.5. The molecule has 2 heterocycles. The molecule has 0 amide bonds. The van der Waals surface area contributed by atoms with Crippen LogP contribution in [0.2, 0.25) is 0 Å². The number of rotatable bonds is 8. The van der Waals surface area contributed by atoms with E-state index >= 15 is 0 Å². The standard InChI is InChI=1S/C20H28N4O2S/c1-2-27(25,26)24-14-20(15-24,8-9-21)23-12-16(13-23)11-22-19-10-18(19)17-6-4-3-5-7-17/h3-7,16,18-19,22H,2,8,10-15H2,1H3/t18-,19+/m0/s1. The fourth-order valence-corrected chi connectivity index (χ4v) is 5.69. The van der Waals surface area contributed by atoms with Gasteiger partial charge in [0.25, 0.3) is 0 Å². The Kier molecular flexibility index (Phi) is 5.02. The van der Waals surface area contributed by atoms with Crippen LogP contribution in [-0.4, -0.2) is 67.7 Å². The Labute approximate surface area is 162 Å². The summed E-state index contributed by atoms with van der Waals surface area (Å²) in [5.74, 6) is 1.37. The first-order chi connectivity index (χ1) is 13.0. The van der Waals surface area contributed by atoms with Crippen molar-refractivity contribution < 1.29 is 8.42 Å². The summed E-state index contributed by atoms with van der Waals surface area (Å²) in [7, 11) is -3.14. The first-order valence-corrected chi connectivity index (χ1v) is 11.5. The van der Waals surface area contributed by atoms with Gasteiger partial charge in [-0.1, -0.05) is 30.3 Å². The molecule has 146 valence electrons. The Morgan fingerprint density at radius 3 is 2.59 bits per heavy atom. The van der Waals surface area contributed by atoms with Crippen LogP contribution < -0.4 is 5.32 Å². The van der Waals surface area contributed by atoms with E-state index in [1.54, 1.807) is 6.92 Å². The zero-order valence-electron chi connectivity index (χ0n) is 15.8. The van der Waals surface area contributed by atoms with Crippen LogP contribution in [0.3, 0.4) is 0 Å².